The highest BCUT2D eigenvalue weighted by atomic mass is 16.5. The summed E-state index contributed by atoms with van der Waals surface area (Å²) in [6.07, 6.45) is 12.3. The number of nitrogens with two attached hydrogens (primary N) is 1. The van der Waals surface area contributed by atoms with E-state index in [1.165, 1.54) is 44.2 Å². The molecule has 1 saturated carbocycles. The Balaban J connectivity index is 1.60. The maximum absolute atomic E-state index is 6.42. The van der Waals surface area contributed by atoms with Crippen LogP contribution in [0.3, 0.4) is 0 Å². The summed E-state index contributed by atoms with van der Waals surface area (Å²) < 4.78 is 8.77. The lowest BCUT2D eigenvalue weighted by atomic mass is 9.98. The highest BCUT2D eigenvalue weighted by Crippen LogP contribution is 2.43. The number of aromatic nitrogens is 1. The standard InChI is InChI=1S/C17H28N2O/c1-2-14(18)12-15-6-5-11-19(15)13-16-7-10-17(20-16)8-3-4-9-17/h5-6,11,14,16H,2-4,7-10,12-13,18H2,1H3. The summed E-state index contributed by atoms with van der Waals surface area (Å²) in [6.45, 7) is 3.16. The molecule has 0 amide bonds. The minimum absolute atomic E-state index is 0.248. The Morgan fingerprint density at radius 2 is 2.20 bits per heavy atom. The van der Waals surface area contributed by atoms with Gasteiger partial charge in [0.05, 0.1) is 11.7 Å². The van der Waals surface area contributed by atoms with Crippen LogP contribution in [0.25, 0.3) is 0 Å². The zero-order valence-electron chi connectivity index (χ0n) is 12.7. The van der Waals surface area contributed by atoms with E-state index in [1.54, 1.807) is 0 Å². The van der Waals surface area contributed by atoms with E-state index >= 15 is 0 Å². The van der Waals surface area contributed by atoms with E-state index in [2.05, 4.69) is 29.8 Å². The minimum Gasteiger partial charge on any atom is -0.370 e. The summed E-state index contributed by atoms with van der Waals surface area (Å²) in [5, 5.41) is 0. The van der Waals surface area contributed by atoms with Gasteiger partial charge >= 0.3 is 0 Å². The molecule has 2 unspecified atom stereocenters. The van der Waals surface area contributed by atoms with Crippen molar-refractivity contribution in [2.24, 2.45) is 5.73 Å². The molecule has 3 nitrogen and oxygen atoms in total. The minimum atomic E-state index is 0.248. The van der Waals surface area contributed by atoms with Gasteiger partial charge in [0.2, 0.25) is 0 Å². The second-order valence-electron chi connectivity index (χ2n) is 6.69. The summed E-state index contributed by atoms with van der Waals surface area (Å²) in [5.74, 6) is 0. The summed E-state index contributed by atoms with van der Waals surface area (Å²) in [5.41, 5.74) is 7.70. The highest BCUT2D eigenvalue weighted by Gasteiger charge is 2.42. The van der Waals surface area contributed by atoms with Crippen LogP contribution in [0.1, 0.15) is 57.6 Å². The Morgan fingerprint density at radius 1 is 1.40 bits per heavy atom. The lowest BCUT2D eigenvalue weighted by molar-refractivity contribution is -0.0420. The number of nitrogens with zero attached hydrogens (tertiary/aromatic N) is 1. The monoisotopic (exact) mass is 276 g/mol. The van der Waals surface area contributed by atoms with Crippen molar-refractivity contribution in [3.8, 4) is 0 Å². The fourth-order valence-electron chi connectivity index (χ4n) is 3.86. The predicted octanol–water partition coefficient (Wildman–Crippen LogP) is 3.26. The average Bonchev–Trinajstić information content (AvgIpc) is 3.16. The summed E-state index contributed by atoms with van der Waals surface area (Å²) in [4.78, 5) is 0. The van der Waals surface area contributed by atoms with Crippen LogP contribution in [0, 0.1) is 0 Å². The summed E-state index contributed by atoms with van der Waals surface area (Å²) >= 11 is 0. The molecule has 0 bridgehead atoms. The molecule has 0 radical (unpaired) electrons. The molecule has 2 N–H and O–H groups in total. The van der Waals surface area contributed by atoms with Gasteiger partial charge in [0.1, 0.15) is 0 Å². The number of ether oxygens (including phenoxy) is 1. The topological polar surface area (TPSA) is 40.2 Å². The van der Waals surface area contributed by atoms with Crippen molar-refractivity contribution in [1.82, 2.24) is 4.57 Å². The first-order valence-electron chi connectivity index (χ1n) is 8.28. The molecule has 112 valence electrons. The highest BCUT2D eigenvalue weighted by molar-refractivity contribution is 5.09. The zero-order chi connectivity index (χ0) is 14.0. The lowest BCUT2D eigenvalue weighted by Gasteiger charge is -2.24. The Kier molecular flexibility index (Phi) is 4.18. The smallest absolute Gasteiger partial charge is 0.0762 e. The SMILES string of the molecule is CCC(N)Cc1cccn1CC1CCC2(CCCC2)O1. The van der Waals surface area contributed by atoms with Gasteiger partial charge in [-0.1, -0.05) is 19.8 Å². The van der Waals surface area contributed by atoms with Gasteiger partial charge in [-0.2, -0.15) is 0 Å². The van der Waals surface area contributed by atoms with E-state index in [1.807, 2.05) is 0 Å². The van der Waals surface area contributed by atoms with Crippen LogP contribution >= 0.6 is 0 Å². The second kappa shape index (κ2) is 5.90. The maximum atomic E-state index is 6.42. The van der Waals surface area contributed by atoms with E-state index in [0.717, 1.165) is 19.4 Å². The molecular weight excluding hydrogens is 248 g/mol. The van der Waals surface area contributed by atoms with Crippen LogP contribution in [-0.4, -0.2) is 22.3 Å². The van der Waals surface area contributed by atoms with Crippen molar-refractivity contribution in [1.29, 1.82) is 0 Å². The Hall–Kier alpha value is -0.800. The molecule has 1 saturated heterocycles. The molecular formula is C17H28N2O. The van der Waals surface area contributed by atoms with Crippen LogP contribution in [-0.2, 0) is 17.7 Å². The van der Waals surface area contributed by atoms with Gasteiger partial charge in [0.15, 0.2) is 0 Å². The fraction of sp³-hybridized carbons (Fsp3) is 0.765. The normalized spacial score (nSPS) is 26.4. The van der Waals surface area contributed by atoms with Crippen molar-refractivity contribution >= 4 is 0 Å². The average molecular weight is 276 g/mol. The molecule has 2 atom stereocenters. The second-order valence-corrected chi connectivity index (χ2v) is 6.69. The van der Waals surface area contributed by atoms with E-state index < -0.39 is 0 Å². The molecule has 3 rings (SSSR count). The van der Waals surface area contributed by atoms with Crippen molar-refractivity contribution in [2.75, 3.05) is 0 Å². The predicted molar refractivity (Wildman–Crippen MR) is 81.7 cm³/mol. The van der Waals surface area contributed by atoms with Crippen LogP contribution in [0.5, 0.6) is 0 Å². The molecule has 1 aliphatic carbocycles. The van der Waals surface area contributed by atoms with Gasteiger partial charge < -0.3 is 15.0 Å². The van der Waals surface area contributed by atoms with Crippen LogP contribution in [0.2, 0.25) is 0 Å². The van der Waals surface area contributed by atoms with Crippen LogP contribution in [0.4, 0.5) is 0 Å². The van der Waals surface area contributed by atoms with Gasteiger partial charge in [-0.05, 0) is 44.2 Å². The van der Waals surface area contributed by atoms with Gasteiger partial charge in [-0.15, -0.1) is 0 Å². The zero-order valence-corrected chi connectivity index (χ0v) is 12.7. The largest absolute Gasteiger partial charge is 0.370 e. The van der Waals surface area contributed by atoms with E-state index in [4.69, 9.17) is 10.5 Å². The molecule has 1 aliphatic heterocycles. The third kappa shape index (κ3) is 2.94. The first-order chi connectivity index (χ1) is 9.71. The first kappa shape index (κ1) is 14.2. The Morgan fingerprint density at radius 3 is 2.95 bits per heavy atom. The quantitative estimate of drug-likeness (QED) is 0.896. The van der Waals surface area contributed by atoms with Gasteiger partial charge in [-0.3, -0.25) is 0 Å². The van der Waals surface area contributed by atoms with E-state index in [0.29, 0.717) is 6.10 Å². The molecule has 2 aliphatic rings. The van der Waals surface area contributed by atoms with Crippen molar-refractivity contribution in [3.63, 3.8) is 0 Å². The van der Waals surface area contributed by atoms with Crippen molar-refractivity contribution in [2.45, 2.75) is 82.6 Å². The molecule has 1 aromatic heterocycles. The third-order valence-corrected chi connectivity index (χ3v) is 5.17. The Bertz CT molecular complexity index is 434. The number of hydrogen-bond donors (Lipinski definition) is 1. The Labute approximate surface area is 122 Å². The van der Waals surface area contributed by atoms with E-state index in [-0.39, 0.29) is 11.6 Å². The van der Waals surface area contributed by atoms with Crippen molar-refractivity contribution in [3.05, 3.63) is 24.0 Å². The summed E-state index contributed by atoms with van der Waals surface area (Å²) in [7, 11) is 0. The number of hydrogen-bond acceptors (Lipinski definition) is 2. The van der Waals surface area contributed by atoms with Gasteiger partial charge in [-0.25, -0.2) is 0 Å². The van der Waals surface area contributed by atoms with Crippen LogP contribution < -0.4 is 5.73 Å². The first-order valence-corrected chi connectivity index (χ1v) is 8.28. The maximum Gasteiger partial charge on any atom is 0.0762 e. The van der Waals surface area contributed by atoms with Gasteiger partial charge in [0, 0.05) is 30.9 Å². The molecule has 2 heterocycles. The van der Waals surface area contributed by atoms with Crippen molar-refractivity contribution < 1.29 is 4.74 Å². The molecule has 20 heavy (non-hydrogen) atoms. The fourth-order valence-corrected chi connectivity index (χ4v) is 3.86. The molecule has 1 spiro atoms. The molecule has 0 aromatic carbocycles. The van der Waals surface area contributed by atoms with Gasteiger partial charge in [0.25, 0.3) is 0 Å². The van der Waals surface area contributed by atoms with Crippen LogP contribution in [0.15, 0.2) is 18.3 Å². The molecule has 3 heteroatoms. The lowest BCUT2D eigenvalue weighted by Crippen LogP contribution is -2.28. The van der Waals surface area contributed by atoms with E-state index in [9.17, 15) is 0 Å². The number of rotatable bonds is 5. The molecule has 1 aromatic rings. The summed E-state index contributed by atoms with van der Waals surface area (Å²) in [6, 6.07) is 4.61. The molecule has 2 fully saturated rings. The third-order valence-electron chi connectivity index (χ3n) is 5.17.